The summed E-state index contributed by atoms with van der Waals surface area (Å²) in [4.78, 5) is 9.07. The summed E-state index contributed by atoms with van der Waals surface area (Å²) in [6.45, 7) is 3.89. The fraction of sp³-hybridized carbons (Fsp3) is 0.588. The SMILES string of the molecule is CCn1nccc1-c1nccnc1CC1CCCN(S(=O)(=O)N(C)C)C1. The Morgan fingerprint density at radius 1 is 1.23 bits per heavy atom. The number of aryl methyl sites for hydroxylation is 1. The van der Waals surface area contributed by atoms with Crippen LogP contribution in [0.5, 0.6) is 0 Å². The normalized spacial score (nSPS) is 19.2. The smallest absolute Gasteiger partial charge is 0.264 e. The summed E-state index contributed by atoms with van der Waals surface area (Å²) < 4.78 is 29.6. The monoisotopic (exact) mass is 378 g/mol. The van der Waals surface area contributed by atoms with E-state index < -0.39 is 10.2 Å². The van der Waals surface area contributed by atoms with Crippen LogP contribution in [0.15, 0.2) is 24.7 Å². The van der Waals surface area contributed by atoms with Gasteiger partial charge in [0.15, 0.2) is 0 Å². The van der Waals surface area contributed by atoms with E-state index in [1.807, 2.05) is 17.7 Å². The zero-order valence-corrected chi connectivity index (χ0v) is 16.4. The molecule has 8 nitrogen and oxygen atoms in total. The van der Waals surface area contributed by atoms with Crippen LogP contribution in [0.3, 0.4) is 0 Å². The first kappa shape index (κ1) is 18.9. The van der Waals surface area contributed by atoms with Crippen molar-refractivity contribution in [2.24, 2.45) is 5.92 Å². The molecule has 0 N–H and O–H groups in total. The van der Waals surface area contributed by atoms with Crippen LogP contribution in [0, 0.1) is 5.92 Å². The molecule has 1 saturated heterocycles. The molecule has 3 heterocycles. The minimum absolute atomic E-state index is 0.229. The number of aromatic nitrogens is 4. The average Bonchev–Trinajstić information content (AvgIpc) is 3.11. The largest absolute Gasteiger partial charge is 0.281 e. The second-order valence-corrected chi connectivity index (χ2v) is 8.89. The van der Waals surface area contributed by atoms with Crippen LogP contribution in [-0.2, 0) is 23.2 Å². The Labute approximate surface area is 155 Å². The number of hydrogen-bond acceptors (Lipinski definition) is 5. The van der Waals surface area contributed by atoms with Crippen LogP contribution < -0.4 is 0 Å². The predicted octanol–water partition coefficient (Wildman–Crippen LogP) is 1.42. The van der Waals surface area contributed by atoms with Crippen LogP contribution >= 0.6 is 0 Å². The van der Waals surface area contributed by atoms with Gasteiger partial charge in [-0.1, -0.05) is 0 Å². The molecule has 26 heavy (non-hydrogen) atoms. The Kier molecular flexibility index (Phi) is 5.69. The molecule has 0 saturated carbocycles. The van der Waals surface area contributed by atoms with Crippen molar-refractivity contribution in [2.45, 2.75) is 32.7 Å². The van der Waals surface area contributed by atoms with Crippen molar-refractivity contribution in [1.82, 2.24) is 28.4 Å². The van der Waals surface area contributed by atoms with E-state index in [4.69, 9.17) is 0 Å². The van der Waals surface area contributed by atoms with Gasteiger partial charge in [0.2, 0.25) is 0 Å². The molecule has 0 aliphatic carbocycles. The summed E-state index contributed by atoms with van der Waals surface area (Å²) >= 11 is 0. The summed E-state index contributed by atoms with van der Waals surface area (Å²) in [5.41, 5.74) is 2.68. The van der Waals surface area contributed by atoms with Gasteiger partial charge >= 0.3 is 0 Å². The molecule has 0 amide bonds. The lowest BCUT2D eigenvalue weighted by atomic mass is 9.93. The first-order valence-corrected chi connectivity index (χ1v) is 10.3. The van der Waals surface area contributed by atoms with Crippen molar-refractivity contribution in [3.63, 3.8) is 0 Å². The van der Waals surface area contributed by atoms with E-state index in [0.29, 0.717) is 19.5 Å². The fourth-order valence-corrected chi connectivity index (χ4v) is 4.64. The highest BCUT2D eigenvalue weighted by atomic mass is 32.2. The van der Waals surface area contributed by atoms with Crippen molar-refractivity contribution < 1.29 is 8.42 Å². The van der Waals surface area contributed by atoms with Crippen LogP contribution in [0.1, 0.15) is 25.5 Å². The molecule has 1 unspecified atom stereocenters. The van der Waals surface area contributed by atoms with E-state index in [1.165, 1.54) is 4.31 Å². The Balaban J connectivity index is 1.82. The van der Waals surface area contributed by atoms with Gasteiger partial charge in [-0.3, -0.25) is 14.6 Å². The second kappa shape index (κ2) is 7.81. The molecule has 1 aliphatic rings. The van der Waals surface area contributed by atoms with Gasteiger partial charge in [0.25, 0.3) is 10.2 Å². The van der Waals surface area contributed by atoms with Gasteiger partial charge in [0.05, 0.1) is 11.4 Å². The van der Waals surface area contributed by atoms with E-state index >= 15 is 0 Å². The van der Waals surface area contributed by atoms with Crippen molar-refractivity contribution in [3.05, 3.63) is 30.4 Å². The molecule has 1 atom stereocenters. The maximum absolute atomic E-state index is 12.4. The van der Waals surface area contributed by atoms with E-state index in [9.17, 15) is 8.42 Å². The zero-order valence-electron chi connectivity index (χ0n) is 15.5. The van der Waals surface area contributed by atoms with Gasteiger partial charge in [-0.05, 0) is 38.2 Å². The molecule has 0 spiro atoms. The molecule has 1 fully saturated rings. The van der Waals surface area contributed by atoms with Gasteiger partial charge in [-0.15, -0.1) is 0 Å². The quantitative estimate of drug-likeness (QED) is 0.759. The Morgan fingerprint density at radius 2 is 2.00 bits per heavy atom. The maximum Gasteiger partial charge on any atom is 0.281 e. The van der Waals surface area contributed by atoms with Crippen molar-refractivity contribution in [2.75, 3.05) is 27.2 Å². The number of nitrogens with zero attached hydrogens (tertiary/aromatic N) is 6. The lowest BCUT2D eigenvalue weighted by molar-refractivity contribution is 0.253. The standard InChI is InChI=1S/C17H26N6O2S/c1-4-23-16(7-8-20-23)17-15(18-9-10-19-17)12-14-6-5-11-22(13-14)26(24,25)21(2)3/h7-10,14H,4-6,11-13H2,1-3H3. The van der Waals surface area contributed by atoms with E-state index in [0.717, 1.165) is 36.5 Å². The summed E-state index contributed by atoms with van der Waals surface area (Å²) in [5, 5.41) is 4.32. The molecule has 0 bridgehead atoms. The number of hydrogen-bond donors (Lipinski definition) is 0. The predicted molar refractivity (Wildman–Crippen MR) is 99.5 cm³/mol. The van der Waals surface area contributed by atoms with Gasteiger partial charge in [-0.25, -0.2) is 0 Å². The highest BCUT2D eigenvalue weighted by Gasteiger charge is 2.31. The Bertz CT molecular complexity index is 848. The third-order valence-electron chi connectivity index (χ3n) is 4.78. The summed E-state index contributed by atoms with van der Waals surface area (Å²) in [6, 6.07) is 1.95. The van der Waals surface area contributed by atoms with Crippen LogP contribution in [0.25, 0.3) is 11.4 Å². The summed E-state index contributed by atoms with van der Waals surface area (Å²) in [7, 11) is -0.223. The van der Waals surface area contributed by atoms with Gasteiger partial charge < -0.3 is 0 Å². The molecule has 0 aromatic carbocycles. The van der Waals surface area contributed by atoms with Crippen molar-refractivity contribution in [3.8, 4) is 11.4 Å². The van der Waals surface area contributed by atoms with E-state index in [1.54, 1.807) is 37.0 Å². The molecule has 9 heteroatoms. The second-order valence-electron chi connectivity index (χ2n) is 6.74. The lowest BCUT2D eigenvalue weighted by Gasteiger charge is -2.33. The van der Waals surface area contributed by atoms with Gasteiger partial charge in [0, 0.05) is 52.3 Å². The first-order chi connectivity index (χ1) is 12.4. The first-order valence-electron chi connectivity index (χ1n) is 8.93. The van der Waals surface area contributed by atoms with Crippen LogP contribution in [0.2, 0.25) is 0 Å². The van der Waals surface area contributed by atoms with E-state index in [-0.39, 0.29) is 5.92 Å². The minimum Gasteiger partial charge on any atom is -0.264 e. The molecular weight excluding hydrogens is 352 g/mol. The van der Waals surface area contributed by atoms with Crippen molar-refractivity contribution in [1.29, 1.82) is 0 Å². The van der Waals surface area contributed by atoms with Crippen molar-refractivity contribution >= 4 is 10.2 Å². The third kappa shape index (κ3) is 3.79. The minimum atomic E-state index is -3.37. The molecule has 2 aromatic heterocycles. The van der Waals surface area contributed by atoms with Gasteiger partial charge in [-0.2, -0.15) is 22.1 Å². The topological polar surface area (TPSA) is 84.2 Å². The average molecular weight is 379 g/mol. The van der Waals surface area contributed by atoms with Crippen LogP contribution in [-0.4, -0.2) is 64.0 Å². The molecular formula is C17H26N6O2S. The Hall–Kier alpha value is -1.84. The summed E-state index contributed by atoms with van der Waals surface area (Å²) in [6.07, 6.45) is 7.71. The van der Waals surface area contributed by atoms with E-state index in [2.05, 4.69) is 15.1 Å². The molecule has 1 aliphatic heterocycles. The number of rotatable bonds is 6. The number of piperidine rings is 1. The molecule has 2 aromatic rings. The van der Waals surface area contributed by atoms with Gasteiger partial charge in [0.1, 0.15) is 5.69 Å². The fourth-order valence-electron chi connectivity index (χ4n) is 3.42. The van der Waals surface area contributed by atoms with Crippen LogP contribution in [0.4, 0.5) is 0 Å². The lowest BCUT2D eigenvalue weighted by Crippen LogP contribution is -2.45. The molecule has 0 radical (unpaired) electrons. The highest BCUT2D eigenvalue weighted by Crippen LogP contribution is 2.27. The summed E-state index contributed by atoms with van der Waals surface area (Å²) in [5.74, 6) is 0.229. The molecule has 3 rings (SSSR count). The third-order valence-corrected chi connectivity index (χ3v) is 6.69. The zero-order chi connectivity index (χ0) is 18.7. The maximum atomic E-state index is 12.4. The highest BCUT2D eigenvalue weighted by molar-refractivity contribution is 7.86. The Morgan fingerprint density at radius 3 is 2.73 bits per heavy atom. The molecule has 142 valence electrons.